The Morgan fingerprint density at radius 3 is 2.38 bits per heavy atom. The van der Waals surface area contributed by atoms with Crippen LogP contribution < -0.4 is 11.1 Å². The molecule has 0 aliphatic rings. The lowest BCUT2D eigenvalue weighted by Crippen LogP contribution is -2.47. The molecule has 1 aromatic heterocycles. The zero-order valence-electron chi connectivity index (χ0n) is 17.5. The molecule has 7 heteroatoms. The van der Waals surface area contributed by atoms with Crippen LogP contribution in [-0.4, -0.2) is 33.4 Å². The van der Waals surface area contributed by atoms with Gasteiger partial charge in [0.1, 0.15) is 11.7 Å². The van der Waals surface area contributed by atoms with Gasteiger partial charge in [-0.3, -0.25) is 19.1 Å². The average molecular weight is 426 g/mol. The topological polar surface area (TPSA) is 107 Å². The molecule has 4 rings (SSSR count). The minimum absolute atomic E-state index is 0.153. The van der Waals surface area contributed by atoms with E-state index in [1.165, 1.54) is 0 Å². The molecule has 7 nitrogen and oxygen atoms in total. The number of aryl methyl sites for hydroxylation is 1. The fourth-order valence-corrected chi connectivity index (χ4v) is 3.67. The van der Waals surface area contributed by atoms with Crippen LogP contribution in [0, 0.1) is 0 Å². The van der Waals surface area contributed by atoms with Crippen molar-refractivity contribution >= 4 is 28.4 Å². The molecule has 0 saturated heterocycles. The van der Waals surface area contributed by atoms with Crippen LogP contribution in [0.25, 0.3) is 22.0 Å². The van der Waals surface area contributed by atoms with Gasteiger partial charge in [-0.25, -0.2) is 0 Å². The van der Waals surface area contributed by atoms with Crippen LogP contribution >= 0.6 is 0 Å². The number of carbonyl (C=O) groups excluding carboxylic acids is 3. The summed E-state index contributed by atoms with van der Waals surface area (Å²) in [7, 11) is 1.72. The number of benzene rings is 3. The molecule has 0 aliphatic heterocycles. The molecule has 3 aromatic carbocycles. The van der Waals surface area contributed by atoms with Crippen molar-refractivity contribution < 1.29 is 14.4 Å². The van der Waals surface area contributed by atoms with E-state index < -0.39 is 23.6 Å². The number of amides is 2. The van der Waals surface area contributed by atoms with Crippen molar-refractivity contribution in [2.24, 2.45) is 12.8 Å². The molecule has 1 atom stereocenters. The maximum atomic E-state index is 13.2. The molecular weight excluding hydrogens is 404 g/mol. The fourth-order valence-electron chi connectivity index (χ4n) is 3.67. The third-order valence-electron chi connectivity index (χ3n) is 5.24. The van der Waals surface area contributed by atoms with Gasteiger partial charge in [0, 0.05) is 25.2 Å². The second kappa shape index (κ2) is 8.85. The summed E-state index contributed by atoms with van der Waals surface area (Å²) in [5.74, 6) is -2.44. The third kappa shape index (κ3) is 4.41. The smallest absolute Gasteiger partial charge is 0.287 e. The monoisotopic (exact) mass is 426 g/mol. The number of nitrogens with zero attached hydrogens (tertiary/aromatic N) is 2. The zero-order valence-corrected chi connectivity index (χ0v) is 17.5. The molecule has 0 fully saturated rings. The lowest BCUT2D eigenvalue weighted by atomic mass is 10.0. The molecule has 32 heavy (non-hydrogen) atoms. The van der Waals surface area contributed by atoms with Crippen molar-refractivity contribution in [3.8, 4) is 11.3 Å². The zero-order chi connectivity index (χ0) is 22.7. The Labute approximate surface area is 184 Å². The summed E-state index contributed by atoms with van der Waals surface area (Å²) < 4.78 is 1.54. The summed E-state index contributed by atoms with van der Waals surface area (Å²) >= 11 is 0. The normalized spacial score (nSPS) is 11.8. The number of ketones is 1. The largest absolute Gasteiger partial charge is 0.363 e. The molecule has 0 spiro atoms. The van der Waals surface area contributed by atoms with E-state index in [4.69, 9.17) is 5.73 Å². The summed E-state index contributed by atoms with van der Waals surface area (Å²) in [6, 6.07) is 21.8. The maximum absolute atomic E-state index is 13.2. The van der Waals surface area contributed by atoms with E-state index in [0.717, 1.165) is 21.9 Å². The maximum Gasteiger partial charge on any atom is 0.287 e. The predicted molar refractivity (Wildman–Crippen MR) is 122 cm³/mol. The van der Waals surface area contributed by atoms with Gasteiger partial charge in [0.2, 0.25) is 5.78 Å². The van der Waals surface area contributed by atoms with Crippen LogP contribution in [0.5, 0.6) is 0 Å². The van der Waals surface area contributed by atoms with E-state index in [1.54, 1.807) is 17.9 Å². The Morgan fingerprint density at radius 2 is 1.66 bits per heavy atom. The highest BCUT2D eigenvalue weighted by Crippen LogP contribution is 2.26. The first kappa shape index (κ1) is 21.0. The molecule has 4 aromatic rings. The van der Waals surface area contributed by atoms with E-state index in [-0.39, 0.29) is 6.42 Å². The van der Waals surface area contributed by atoms with E-state index in [9.17, 15) is 14.4 Å². The minimum atomic E-state index is -1.09. The molecule has 0 radical (unpaired) electrons. The summed E-state index contributed by atoms with van der Waals surface area (Å²) in [5.41, 5.74) is 7.59. The Balaban J connectivity index is 1.65. The van der Waals surface area contributed by atoms with E-state index in [2.05, 4.69) is 10.4 Å². The summed E-state index contributed by atoms with van der Waals surface area (Å²) in [5, 5.41) is 9.24. The van der Waals surface area contributed by atoms with Crippen molar-refractivity contribution in [1.82, 2.24) is 15.1 Å². The van der Waals surface area contributed by atoms with Crippen LogP contribution in [0.3, 0.4) is 0 Å². The van der Waals surface area contributed by atoms with Crippen LogP contribution in [0.1, 0.15) is 15.9 Å². The van der Waals surface area contributed by atoms with Gasteiger partial charge in [0.25, 0.3) is 11.8 Å². The number of Topliss-reactive ketones (excluding diaryl/α,β-unsaturated/α-hetero) is 1. The van der Waals surface area contributed by atoms with Crippen LogP contribution in [0.4, 0.5) is 0 Å². The van der Waals surface area contributed by atoms with Crippen molar-refractivity contribution in [3.05, 3.63) is 90.1 Å². The average Bonchev–Trinajstić information content (AvgIpc) is 3.20. The van der Waals surface area contributed by atoms with Crippen molar-refractivity contribution in [2.75, 3.05) is 0 Å². The van der Waals surface area contributed by atoms with Gasteiger partial charge in [0.05, 0.1) is 5.56 Å². The predicted octanol–water partition coefficient (Wildman–Crippen LogP) is 2.64. The van der Waals surface area contributed by atoms with Crippen LogP contribution in [0.15, 0.2) is 79.0 Å². The number of aromatic nitrogens is 2. The lowest BCUT2D eigenvalue weighted by molar-refractivity contribution is -0.137. The summed E-state index contributed by atoms with van der Waals surface area (Å²) in [6.45, 7) is 0. The Hall–Kier alpha value is -4.26. The first-order valence-electron chi connectivity index (χ1n) is 10.1. The summed E-state index contributed by atoms with van der Waals surface area (Å²) in [6.07, 6.45) is 1.74. The molecule has 1 unspecified atom stereocenters. The number of hydrogen-bond donors (Lipinski definition) is 2. The van der Waals surface area contributed by atoms with Gasteiger partial charge in [-0.2, -0.15) is 5.10 Å². The standard InChI is InChI=1S/C25H22N4O3/c1-29-15-20(22(28-29)19-12-11-17-9-5-6-10-18(17)14-19)25(32)27-21(23(30)24(26)31)13-16-7-3-2-4-8-16/h2-12,14-15,21H,13H2,1H3,(H2,26,31)(H,27,32). The first-order valence-corrected chi connectivity index (χ1v) is 10.1. The Kier molecular flexibility index (Phi) is 5.81. The Bertz CT molecular complexity index is 1310. The minimum Gasteiger partial charge on any atom is -0.363 e. The molecular formula is C25H22N4O3. The molecule has 160 valence electrons. The highest BCUT2D eigenvalue weighted by atomic mass is 16.2. The number of rotatable bonds is 7. The number of hydrogen-bond acceptors (Lipinski definition) is 4. The molecule has 1 heterocycles. The van der Waals surface area contributed by atoms with E-state index in [0.29, 0.717) is 11.3 Å². The molecule has 0 saturated carbocycles. The molecule has 0 bridgehead atoms. The number of nitrogens with two attached hydrogens (primary N) is 1. The van der Waals surface area contributed by atoms with Crippen molar-refractivity contribution in [2.45, 2.75) is 12.5 Å². The van der Waals surface area contributed by atoms with Gasteiger partial charge in [-0.05, 0) is 22.4 Å². The second-order valence-electron chi connectivity index (χ2n) is 7.57. The lowest BCUT2D eigenvalue weighted by Gasteiger charge is -2.16. The number of carbonyl (C=O) groups is 3. The molecule has 2 amide bonds. The van der Waals surface area contributed by atoms with Gasteiger partial charge in [-0.15, -0.1) is 0 Å². The van der Waals surface area contributed by atoms with Crippen molar-refractivity contribution in [3.63, 3.8) is 0 Å². The van der Waals surface area contributed by atoms with E-state index >= 15 is 0 Å². The number of fused-ring (bicyclic) bond motifs is 1. The number of nitrogens with one attached hydrogen (secondary N) is 1. The fraction of sp³-hybridized carbons (Fsp3) is 0.120. The first-order chi connectivity index (χ1) is 15.4. The molecule has 3 N–H and O–H groups in total. The molecule has 0 aliphatic carbocycles. The highest BCUT2D eigenvalue weighted by molar-refractivity contribution is 6.38. The van der Waals surface area contributed by atoms with Crippen LogP contribution in [0.2, 0.25) is 0 Å². The Morgan fingerprint density at radius 1 is 0.969 bits per heavy atom. The SMILES string of the molecule is Cn1cc(C(=O)NC(Cc2ccccc2)C(=O)C(N)=O)c(-c2ccc3ccccc3c2)n1. The van der Waals surface area contributed by atoms with Gasteiger partial charge in [-0.1, -0.05) is 66.7 Å². The quantitative estimate of drug-likeness (QED) is 0.443. The van der Waals surface area contributed by atoms with Crippen molar-refractivity contribution in [1.29, 1.82) is 0 Å². The third-order valence-corrected chi connectivity index (χ3v) is 5.24. The second-order valence-corrected chi connectivity index (χ2v) is 7.57. The summed E-state index contributed by atoms with van der Waals surface area (Å²) in [4.78, 5) is 37.2. The number of primary amides is 1. The van der Waals surface area contributed by atoms with E-state index in [1.807, 2.05) is 72.8 Å². The van der Waals surface area contributed by atoms with Gasteiger partial charge < -0.3 is 11.1 Å². The van der Waals surface area contributed by atoms with Crippen LogP contribution in [-0.2, 0) is 23.1 Å². The highest BCUT2D eigenvalue weighted by Gasteiger charge is 2.27. The van der Waals surface area contributed by atoms with Gasteiger partial charge in [0.15, 0.2) is 0 Å². The van der Waals surface area contributed by atoms with Gasteiger partial charge >= 0.3 is 0 Å².